The lowest BCUT2D eigenvalue weighted by Gasteiger charge is -2.15. The fraction of sp³-hybridized carbons (Fsp3) is 0.235. The summed E-state index contributed by atoms with van der Waals surface area (Å²) in [5.74, 6) is -1.26. The first-order chi connectivity index (χ1) is 13.3. The fourth-order valence-electron chi connectivity index (χ4n) is 2.31. The molecule has 0 bridgehead atoms. The number of hydrogen-bond acceptors (Lipinski definition) is 4. The molecule has 0 spiro atoms. The highest BCUT2D eigenvalue weighted by Gasteiger charge is 2.37. The van der Waals surface area contributed by atoms with E-state index in [1.165, 1.54) is 12.1 Å². The number of nitro groups is 1. The van der Waals surface area contributed by atoms with E-state index in [1.54, 1.807) is 0 Å². The molecule has 0 radical (unpaired) electrons. The van der Waals surface area contributed by atoms with Gasteiger partial charge in [0.2, 0.25) is 0 Å². The molecule has 0 fully saturated rings. The number of non-ortho nitro benzene ring substituents is 1. The number of nitrogens with zero attached hydrogens (tertiary/aromatic N) is 1. The van der Waals surface area contributed by atoms with Crippen LogP contribution < -0.4 is 5.32 Å². The molecule has 6 nitrogen and oxygen atoms in total. The van der Waals surface area contributed by atoms with Crippen LogP contribution in [0.2, 0.25) is 0 Å². The molecule has 12 heteroatoms. The minimum Gasteiger partial charge on any atom is -0.387 e. The highest BCUT2D eigenvalue weighted by Crippen LogP contribution is 2.36. The van der Waals surface area contributed by atoms with Crippen molar-refractivity contribution in [2.45, 2.75) is 18.5 Å². The van der Waals surface area contributed by atoms with Gasteiger partial charge in [-0.25, -0.2) is 0 Å². The van der Waals surface area contributed by atoms with E-state index in [2.05, 4.69) is 0 Å². The monoisotopic (exact) mass is 422 g/mol. The van der Waals surface area contributed by atoms with Crippen LogP contribution in [0.25, 0.3) is 0 Å². The van der Waals surface area contributed by atoms with Gasteiger partial charge in [-0.15, -0.1) is 0 Å². The molecule has 0 aliphatic rings. The molecule has 0 aliphatic heterocycles. The van der Waals surface area contributed by atoms with Crippen molar-refractivity contribution in [1.29, 1.82) is 0 Å². The quantitative estimate of drug-likeness (QED) is 0.431. The van der Waals surface area contributed by atoms with E-state index in [-0.39, 0.29) is 29.4 Å². The Morgan fingerprint density at radius 3 is 1.90 bits per heavy atom. The molecule has 29 heavy (non-hydrogen) atoms. The second-order valence-corrected chi connectivity index (χ2v) is 5.87. The minimum atomic E-state index is -5.10. The van der Waals surface area contributed by atoms with Crippen molar-refractivity contribution in [3.05, 3.63) is 74.8 Å². The Morgan fingerprint density at radius 2 is 1.48 bits per heavy atom. The highest BCUT2D eigenvalue weighted by atomic mass is 19.4. The molecular weight excluding hydrogens is 410 g/mol. The highest BCUT2D eigenvalue weighted by molar-refractivity contribution is 5.94. The summed E-state index contributed by atoms with van der Waals surface area (Å²) in [6.07, 6.45) is -11.6. The Morgan fingerprint density at radius 1 is 1.00 bits per heavy atom. The summed E-state index contributed by atoms with van der Waals surface area (Å²) < 4.78 is 77.0. The average molecular weight is 422 g/mol. The fourth-order valence-corrected chi connectivity index (χ4v) is 2.31. The van der Waals surface area contributed by atoms with Crippen LogP contribution in [0, 0.1) is 10.1 Å². The summed E-state index contributed by atoms with van der Waals surface area (Å²) in [6, 6.07) is 4.99. The van der Waals surface area contributed by atoms with Crippen molar-refractivity contribution < 1.29 is 41.2 Å². The van der Waals surface area contributed by atoms with Crippen LogP contribution in [0.15, 0.2) is 42.5 Å². The van der Waals surface area contributed by atoms with Crippen molar-refractivity contribution in [2.75, 3.05) is 6.54 Å². The van der Waals surface area contributed by atoms with Gasteiger partial charge < -0.3 is 10.4 Å². The van der Waals surface area contributed by atoms with Gasteiger partial charge in [0.25, 0.3) is 11.6 Å². The second-order valence-electron chi connectivity index (χ2n) is 5.87. The zero-order valence-corrected chi connectivity index (χ0v) is 14.2. The molecule has 2 N–H and O–H groups in total. The summed E-state index contributed by atoms with van der Waals surface area (Å²) in [5.41, 5.74) is -4.28. The lowest BCUT2D eigenvalue weighted by atomic mass is 10.0. The third-order valence-electron chi connectivity index (χ3n) is 3.79. The number of carbonyl (C=O) groups excluding carboxylic acids is 1. The lowest BCUT2D eigenvalue weighted by molar-refractivity contribution is -0.384. The zero-order valence-electron chi connectivity index (χ0n) is 14.2. The van der Waals surface area contributed by atoms with Gasteiger partial charge in [0.05, 0.1) is 22.2 Å². The van der Waals surface area contributed by atoms with E-state index in [0.29, 0.717) is 0 Å². The van der Waals surface area contributed by atoms with Crippen molar-refractivity contribution in [3.8, 4) is 0 Å². The van der Waals surface area contributed by atoms with Crippen LogP contribution in [-0.4, -0.2) is 22.5 Å². The normalized spacial score (nSPS) is 13.1. The number of carbonyl (C=O) groups is 1. The van der Waals surface area contributed by atoms with E-state index >= 15 is 0 Å². The number of nitro benzene ring substituents is 1. The Bertz CT molecular complexity index is 877. The number of hydrogen-bond donors (Lipinski definition) is 2. The summed E-state index contributed by atoms with van der Waals surface area (Å²) >= 11 is 0. The number of alkyl halides is 6. The molecule has 2 rings (SSSR count). The lowest BCUT2D eigenvalue weighted by Crippen LogP contribution is -2.29. The smallest absolute Gasteiger partial charge is 0.387 e. The number of halogens is 6. The Balaban J connectivity index is 2.18. The average Bonchev–Trinajstić information content (AvgIpc) is 2.64. The van der Waals surface area contributed by atoms with E-state index in [1.807, 2.05) is 5.32 Å². The van der Waals surface area contributed by atoms with Gasteiger partial charge in [-0.05, 0) is 35.9 Å². The first kappa shape index (κ1) is 22.1. The molecule has 1 unspecified atom stereocenters. The molecule has 0 aliphatic carbocycles. The predicted octanol–water partition coefficient (Wildman–Crippen LogP) is 4.10. The molecule has 1 atom stereocenters. The summed E-state index contributed by atoms with van der Waals surface area (Å²) in [6.45, 7) is -0.547. The Labute approximate surface area is 158 Å². The number of aliphatic hydroxyl groups excluding tert-OH is 1. The number of nitrogens with one attached hydrogen (secondary N) is 1. The SMILES string of the molecule is O=C(NCC(O)c1ccc([N+](=O)[O-])cc1)c1cc(C(F)(F)F)cc(C(F)(F)F)c1. The summed E-state index contributed by atoms with van der Waals surface area (Å²) in [7, 11) is 0. The number of benzene rings is 2. The second kappa shape index (κ2) is 8.07. The van der Waals surface area contributed by atoms with Crippen LogP contribution in [0.1, 0.15) is 33.2 Å². The maximum absolute atomic E-state index is 12.8. The van der Waals surface area contributed by atoms with E-state index in [9.17, 15) is 46.4 Å². The van der Waals surface area contributed by atoms with Crippen LogP contribution in [-0.2, 0) is 12.4 Å². The Hall–Kier alpha value is -3.15. The first-order valence-corrected chi connectivity index (χ1v) is 7.79. The van der Waals surface area contributed by atoms with Gasteiger partial charge in [-0.1, -0.05) is 0 Å². The molecule has 0 saturated heterocycles. The van der Waals surface area contributed by atoms with Gasteiger partial charge in [0.1, 0.15) is 0 Å². The van der Waals surface area contributed by atoms with Crippen molar-refractivity contribution in [2.24, 2.45) is 0 Å². The number of aliphatic hydroxyl groups is 1. The maximum Gasteiger partial charge on any atom is 0.416 e. The molecule has 0 saturated carbocycles. The molecular formula is C17H12F6N2O4. The third-order valence-corrected chi connectivity index (χ3v) is 3.79. The summed E-state index contributed by atoms with van der Waals surface area (Å²) in [4.78, 5) is 21.9. The summed E-state index contributed by atoms with van der Waals surface area (Å²) in [5, 5.41) is 22.6. The topological polar surface area (TPSA) is 92.5 Å². The van der Waals surface area contributed by atoms with Crippen molar-refractivity contribution in [3.63, 3.8) is 0 Å². The van der Waals surface area contributed by atoms with E-state index in [0.717, 1.165) is 12.1 Å². The van der Waals surface area contributed by atoms with Gasteiger partial charge >= 0.3 is 12.4 Å². The van der Waals surface area contributed by atoms with E-state index < -0.39 is 52.5 Å². The first-order valence-electron chi connectivity index (χ1n) is 7.79. The molecule has 1 amide bonds. The largest absolute Gasteiger partial charge is 0.416 e. The molecule has 0 heterocycles. The van der Waals surface area contributed by atoms with Gasteiger partial charge in [0.15, 0.2) is 0 Å². The minimum absolute atomic E-state index is 0.109. The van der Waals surface area contributed by atoms with Crippen LogP contribution in [0.3, 0.4) is 0 Å². The van der Waals surface area contributed by atoms with Crippen LogP contribution >= 0.6 is 0 Å². The Kier molecular flexibility index (Phi) is 6.16. The van der Waals surface area contributed by atoms with Crippen molar-refractivity contribution in [1.82, 2.24) is 5.32 Å². The zero-order chi connectivity index (χ0) is 22.0. The number of amides is 1. The molecule has 0 aromatic heterocycles. The standard InChI is InChI=1S/C17H12F6N2O4/c18-16(19,20)11-5-10(6-12(7-11)17(21,22)23)15(27)24-8-14(26)9-1-3-13(4-2-9)25(28)29/h1-7,14,26H,8H2,(H,24,27). The van der Waals surface area contributed by atoms with E-state index in [4.69, 9.17) is 0 Å². The van der Waals surface area contributed by atoms with Gasteiger partial charge in [-0.3, -0.25) is 14.9 Å². The molecule has 2 aromatic rings. The number of rotatable bonds is 5. The van der Waals surface area contributed by atoms with Crippen molar-refractivity contribution >= 4 is 11.6 Å². The molecule has 2 aromatic carbocycles. The van der Waals surface area contributed by atoms with Gasteiger partial charge in [-0.2, -0.15) is 26.3 Å². The predicted molar refractivity (Wildman–Crippen MR) is 86.8 cm³/mol. The molecule has 156 valence electrons. The maximum atomic E-state index is 12.8. The van der Waals surface area contributed by atoms with Crippen LogP contribution in [0.5, 0.6) is 0 Å². The van der Waals surface area contributed by atoms with Gasteiger partial charge in [0, 0.05) is 24.2 Å². The third kappa shape index (κ3) is 5.67. The van der Waals surface area contributed by atoms with Crippen LogP contribution in [0.4, 0.5) is 32.0 Å².